The zero-order valence-electron chi connectivity index (χ0n) is 17.5. The summed E-state index contributed by atoms with van der Waals surface area (Å²) < 4.78 is 8.13. The number of hydrogen-bond donors (Lipinski definition) is 2. The van der Waals surface area contributed by atoms with Crippen molar-refractivity contribution in [3.8, 4) is 17.0 Å². The topological polar surface area (TPSA) is 69.3 Å². The number of nitrogens with zero attached hydrogens (tertiary/aromatic N) is 1. The molecule has 3 N–H and O–H groups in total. The number of amides is 1. The van der Waals surface area contributed by atoms with Crippen molar-refractivity contribution < 1.29 is 9.53 Å². The molecule has 1 aromatic heterocycles. The Bertz CT molecular complexity index is 1080. The lowest BCUT2D eigenvalue weighted by Crippen LogP contribution is -2.39. The second-order valence-electron chi connectivity index (χ2n) is 8.51. The van der Waals surface area contributed by atoms with Gasteiger partial charge in [0.1, 0.15) is 5.75 Å². The summed E-state index contributed by atoms with van der Waals surface area (Å²) in [4.78, 5) is 12.5. The van der Waals surface area contributed by atoms with E-state index in [2.05, 4.69) is 22.0 Å². The summed E-state index contributed by atoms with van der Waals surface area (Å²) in [6, 6.07) is 14.8. The number of rotatable bonds is 6. The van der Waals surface area contributed by atoms with Crippen molar-refractivity contribution in [3.63, 3.8) is 0 Å². The SMILES string of the molecule is CCOc1ccc2c(N)c(-c3ccc(C(=O)NC4CCC4)cc3)n(C3CCC3)c2c1. The van der Waals surface area contributed by atoms with E-state index in [0.717, 1.165) is 59.3 Å². The molecule has 3 aromatic rings. The summed E-state index contributed by atoms with van der Waals surface area (Å²) in [6.07, 6.45) is 6.96. The predicted octanol–water partition coefficient (Wildman–Crippen LogP) is 5.30. The van der Waals surface area contributed by atoms with Gasteiger partial charge in [-0.2, -0.15) is 0 Å². The van der Waals surface area contributed by atoms with Crippen LogP contribution in [0.5, 0.6) is 5.75 Å². The number of nitrogen functional groups attached to an aromatic ring is 1. The number of fused-ring (bicyclic) bond motifs is 1. The molecule has 5 rings (SSSR count). The maximum atomic E-state index is 12.5. The van der Waals surface area contributed by atoms with E-state index < -0.39 is 0 Å². The first-order chi connectivity index (χ1) is 14.7. The second kappa shape index (κ2) is 7.71. The molecule has 0 saturated heterocycles. The molecule has 2 aliphatic rings. The molecule has 156 valence electrons. The Labute approximate surface area is 177 Å². The Kier molecular flexibility index (Phi) is 4.89. The molecule has 0 atom stereocenters. The first-order valence-corrected chi connectivity index (χ1v) is 11.1. The number of carbonyl (C=O) groups is 1. The van der Waals surface area contributed by atoms with Crippen LogP contribution in [0, 0.1) is 0 Å². The molecule has 2 aliphatic carbocycles. The zero-order chi connectivity index (χ0) is 20.7. The van der Waals surface area contributed by atoms with Crippen molar-refractivity contribution in [2.75, 3.05) is 12.3 Å². The second-order valence-corrected chi connectivity index (χ2v) is 8.51. The van der Waals surface area contributed by atoms with E-state index in [9.17, 15) is 4.79 Å². The highest BCUT2D eigenvalue weighted by atomic mass is 16.5. The maximum absolute atomic E-state index is 12.5. The van der Waals surface area contributed by atoms with Gasteiger partial charge in [-0.3, -0.25) is 4.79 Å². The molecule has 5 heteroatoms. The molecule has 2 saturated carbocycles. The first-order valence-electron chi connectivity index (χ1n) is 11.1. The van der Waals surface area contributed by atoms with Crippen molar-refractivity contribution in [1.29, 1.82) is 0 Å². The van der Waals surface area contributed by atoms with Gasteiger partial charge in [0, 0.05) is 34.7 Å². The van der Waals surface area contributed by atoms with Crippen LogP contribution in [0.2, 0.25) is 0 Å². The van der Waals surface area contributed by atoms with E-state index in [-0.39, 0.29) is 5.91 Å². The van der Waals surface area contributed by atoms with Crippen LogP contribution in [0.15, 0.2) is 42.5 Å². The minimum absolute atomic E-state index is 0.0140. The third-order valence-corrected chi connectivity index (χ3v) is 6.63. The minimum Gasteiger partial charge on any atom is -0.494 e. The van der Waals surface area contributed by atoms with Gasteiger partial charge in [-0.1, -0.05) is 12.1 Å². The van der Waals surface area contributed by atoms with Crippen molar-refractivity contribution in [2.24, 2.45) is 0 Å². The summed E-state index contributed by atoms with van der Waals surface area (Å²) in [5, 5.41) is 4.17. The van der Waals surface area contributed by atoms with E-state index in [1.54, 1.807) is 0 Å². The highest BCUT2D eigenvalue weighted by Crippen LogP contribution is 2.44. The van der Waals surface area contributed by atoms with Crippen LogP contribution in [-0.2, 0) is 0 Å². The Morgan fingerprint density at radius 2 is 1.83 bits per heavy atom. The summed E-state index contributed by atoms with van der Waals surface area (Å²) in [5.41, 5.74) is 11.4. The molecule has 1 amide bonds. The van der Waals surface area contributed by atoms with E-state index in [1.807, 2.05) is 37.3 Å². The first kappa shape index (κ1) is 19.0. The summed E-state index contributed by atoms with van der Waals surface area (Å²) >= 11 is 0. The molecular weight excluding hydrogens is 374 g/mol. The van der Waals surface area contributed by atoms with Gasteiger partial charge in [0.25, 0.3) is 5.91 Å². The van der Waals surface area contributed by atoms with Gasteiger partial charge in [0.2, 0.25) is 0 Å². The van der Waals surface area contributed by atoms with Crippen LogP contribution in [0.4, 0.5) is 5.69 Å². The Morgan fingerprint density at radius 3 is 2.43 bits per heavy atom. The summed E-state index contributed by atoms with van der Waals surface area (Å²) in [7, 11) is 0. The monoisotopic (exact) mass is 403 g/mol. The van der Waals surface area contributed by atoms with Gasteiger partial charge in [-0.05, 0) is 69.7 Å². The van der Waals surface area contributed by atoms with E-state index in [0.29, 0.717) is 24.3 Å². The van der Waals surface area contributed by atoms with Crippen LogP contribution < -0.4 is 15.8 Å². The molecule has 2 aromatic carbocycles. The predicted molar refractivity (Wildman–Crippen MR) is 121 cm³/mol. The molecule has 1 heterocycles. The molecule has 0 aliphatic heterocycles. The van der Waals surface area contributed by atoms with Gasteiger partial charge < -0.3 is 20.4 Å². The fourth-order valence-corrected chi connectivity index (χ4v) is 4.49. The van der Waals surface area contributed by atoms with Gasteiger partial charge in [-0.15, -0.1) is 0 Å². The van der Waals surface area contributed by atoms with Crippen LogP contribution >= 0.6 is 0 Å². The summed E-state index contributed by atoms with van der Waals surface area (Å²) in [5.74, 6) is 0.887. The van der Waals surface area contributed by atoms with Gasteiger partial charge >= 0.3 is 0 Å². The Balaban J connectivity index is 1.54. The highest BCUT2D eigenvalue weighted by Gasteiger charge is 2.27. The molecule has 0 radical (unpaired) electrons. The van der Waals surface area contributed by atoms with Crippen LogP contribution in [0.25, 0.3) is 22.2 Å². The van der Waals surface area contributed by atoms with E-state index in [4.69, 9.17) is 10.5 Å². The fourth-order valence-electron chi connectivity index (χ4n) is 4.49. The number of hydrogen-bond acceptors (Lipinski definition) is 3. The number of anilines is 1. The zero-order valence-corrected chi connectivity index (χ0v) is 17.5. The smallest absolute Gasteiger partial charge is 0.251 e. The van der Waals surface area contributed by atoms with Crippen molar-refractivity contribution in [1.82, 2.24) is 9.88 Å². The third-order valence-electron chi connectivity index (χ3n) is 6.63. The molecule has 0 spiro atoms. The molecule has 0 unspecified atom stereocenters. The average Bonchev–Trinajstić information content (AvgIpc) is 2.96. The van der Waals surface area contributed by atoms with Crippen molar-refractivity contribution >= 4 is 22.5 Å². The number of ether oxygens (including phenoxy) is 1. The number of carbonyl (C=O) groups excluding carboxylic acids is 1. The number of nitrogens with two attached hydrogens (primary N) is 1. The number of aromatic nitrogens is 1. The summed E-state index contributed by atoms with van der Waals surface area (Å²) in [6.45, 7) is 2.64. The molecule has 5 nitrogen and oxygen atoms in total. The number of benzene rings is 2. The van der Waals surface area contributed by atoms with E-state index >= 15 is 0 Å². The van der Waals surface area contributed by atoms with Crippen LogP contribution in [-0.4, -0.2) is 23.1 Å². The van der Waals surface area contributed by atoms with Crippen molar-refractivity contribution in [2.45, 2.75) is 57.5 Å². The third kappa shape index (κ3) is 3.22. The lowest BCUT2D eigenvalue weighted by atomic mass is 9.92. The quantitative estimate of drug-likeness (QED) is 0.587. The van der Waals surface area contributed by atoms with Gasteiger partial charge in [0.15, 0.2) is 0 Å². The Hall–Kier alpha value is -2.95. The fraction of sp³-hybridized carbons (Fsp3) is 0.400. The van der Waals surface area contributed by atoms with Crippen molar-refractivity contribution in [3.05, 3.63) is 48.0 Å². The molecular formula is C25H29N3O2. The molecule has 30 heavy (non-hydrogen) atoms. The minimum atomic E-state index is 0.0140. The molecule has 0 bridgehead atoms. The average molecular weight is 404 g/mol. The largest absolute Gasteiger partial charge is 0.494 e. The standard InChI is InChI=1S/C25H29N3O2/c1-2-30-20-13-14-21-22(15-20)28(19-7-4-8-19)24(23(21)26)16-9-11-17(12-10-16)25(29)27-18-5-3-6-18/h9-15,18-19H,2-8,26H2,1H3,(H,27,29). The lowest BCUT2D eigenvalue weighted by Gasteiger charge is -2.30. The van der Waals surface area contributed by atoms with Gasteiger partial charge in [-0.25, -0.2) is 0 Å². The van der Waals surface area contributed by atoms with Crippen LogP contribution in [0.1, 0.15) is 61.8 Å². The van der Waals surface area contributed by atoms with E-state index in [1.165, 1.54) is 12.8 Å². The normalized spacial score (nSPS) is 16.8. The Morgan fingerprint density at radius 1 is 1.10 bits per heavy atom. The van der Waals surface area contributed by atoms with Crippen LogP contribution in [0.3, 0.4) is 0 Å². The maximum Gasteiger partial charge on any atom is 0.251 e. The lowest BCUT2D eigenvalue weighted by molar-refractivity contribution is 0.0917. The number of nitrogens with one attached hydrogen (secondary N) is 1. The van der Waals surface area contributed by atoms with Gasteiger partial charge in [0.05, 0.1) is 23.5 Å². The molecule has 2 fully saturated rings. The highest BCUT2D eigenvalue weighted by molar-refractivity contribution is 6.02.